The van der Waals surface area contributed by atoms with Crippen molar-refractivity contribution in [3.05, 3.63) is 23.3 Å². The standard InChI is InChI=1S/C23H28N2O5/c1-26-6-5-12-10-25-15-9-23-18(25)7-13(12)14(15)11-30-22(23)24-20-16(27-2)8-17(28-3)21(29-4)19(20)23/h5,8,13-15,18H,6-7,9-11H2,1-4H3/b12-5+/t13-,14+,15+,18?,23?/m1/s1. The van der Waals surface area contributed by atoms with Gasteiger partial charge in [-0.2, -0.15) is 0 Å². The number of ether oxygens (including phenoxy) is 5. The molecule has 5 fully saturated rings. The molecule has 0 radical (unpaired) electrons. The molecule has 1 spiro atoms. The molecule has 0 aromatic heterocycles. The number of hydrogen-bond acceptors (Lipinski definition) is 7. The molecule has 7 nitrogen and oxygen atoms in total. The monoisotopic (exact) mass is 412 g/mol. The lowest BCUT2D eigenvalue weighted by atomic mass is 9.68. The van der Waals surface area contributed by atoms with E-state index in [-0.39, 0.29) is 5.41 Å². The molecule has 0 N–H and O–H groups in total. The highest BCUT2D eigenvalue weighted by Crippen LogP contribution is 2.66. The number of benzene rings is 1. The summed E-state index contributed by atoms with van der Waals surface area (Å²) >= 11 is 0. The number of methoxy groups -OCH3 is 4. The van der Waals surface area contributed by atoms with Gasteiger partial charge in [0.25, 0.3) is 0 Å². The molecule has 1 aromatic carbocycles. The lowest BCUT2D eigenvalue weighted by Crippen LogP contribution is -2.61. The third kappa shape index (κ3) is 2.05. The number of rotatable bonds is 5. The van der Waals surface area contributed by atoms with Crippen molar-refractivity contribution in [3.8, 4) is 17.2 Å². The van der Waals surface area contributed by atoms with Gasteiger partial charge in [0.2, 0.25) is 5.90 Å². The minimum absolute atomic E-state index is 0.302. The summed E-state index contributed by atoms with van der Waals surface area (Å²) in [5.41, 5.74) is 3.12. The van der Waals surface area contributed by atoms with Crippen LogP contribution in [0.2, 0.25) is 0 Å². The Kier molecular flexibility index (Phi) is 3.93. The lowest BCUT2D eigenvalue weighted by molar-refractivity contribution is -0.0156. The zero-order valence-corrected chi connectivity index (χ0v) is 17.9. The summed E-state index contributed by atoms with van der Waals surface area (Å²) in [4.78, 5) is 7.70. The molecule has 0 amide bonds. The first-order valence-electron chi connectivity index (χ1n) is 10.7. The van der Waals surface area contributed by atoms with E-state index in [4.69, 9.17) is 28.7 Å². The van der Waals surface area contributed by atoms with Gasteiger partial charge in [-0.1, -0.05) is 11.6 Å². The van der Waals surface area contributed by atoms with Gasteiger partial charge >= 0.3 is 0 Å². The average molecular weight is 412 g/mol. The summed E-state index contributed by atoms with van der Waals surface area (Å²) in [5, 5.41) is 0. The van der Waals surface area contributed by atoms with Gasteiger partial charge in [-0.3, -0.25) is 4.90 Å². The van der Waals surface area contributed by atoms with Crippen molar-refractivity contribution < 1.29 is 23.7 Å². The van der Waals surface area contributed by atoms with Crippen LogP contribution in [0.3, 0.4) is 0 Å². The first kappa shape index (κ1) is 18.5. The van der Waals surface area contributed by atoms with Crippen LogP contribution in [0.5, 0.6) is 17.2 Å². The van der Waals surface area contributed by atoms with E-state index >= 15 is 0 Å². The largest absolute Gasteiger partial charge is 0.494 e. The van der Waals surface area contributed by atoms with Crippen molar-refractivity contribution in [2.75, 3.05) is 48.2 Å². The highest BCUT2D eigenvalue weighted by atomic mass is 16.5. The van der Waals surface area contributed by atoms with Crippen LogP contribution in [0.15, 0.2) is 22.7 Å². The summed E-state index contributed by atoms with van der Waals surface area (Å²) < 4.78 is 29.1. The van der Waals surface area contributed by atoms with Crippen molar-refractivity contribution in [3.63, 3.8) is 0 Å². The zero-order valence-electron chi connectivity index (χ0n) is 17.9. The molecule has 6 heterocycles. The van der Waals surface area contributed by atoms with Crippen molar-refractivity contribution in [2.45, 2.75) is 30.3 Å². The van der Waals surface area contributed by atoms with Gasteiger partial charge in [0.15, 0.2) is 11.5 Å². The minimum atomic E-state index is -0.302. The molecule has 30 heavy (non-hydrogen) atoms. The predicted octanol–water partition coefficient (Wildman–Crippen LogP) is 2.69. The molecule has 1 aromatic rings. The van der Waals surface area contributed by atoms with Crippen LogP contribution >= 0.6 is 0 Å². The number of nitrogens with zero attached hydrogens (tertiary/aromatic N) is 2. The summed E-state index contributed by atoms with van der Waals surface area (Å²) in [6.45, 7) is 2.39. The maximum atomic E-state index is 6.46. The lowest BCUT2D eigenvalue weighted by Gasteiger charge is -2.54. The molecular formula is C23H28N2O5. The van der Waals surface area contributed by atoms with Crippen molar-refractivity contribution >= 4 is 11.6 Å². The first-order valence-corrected chi connectivity index (χ1v) is 10.7. The van der Waals surface area contributed by atoms with Crippen molar-refractivity contribution in [1.29, 1.82) is 0 Å². The second-order valence-electron chi connectivity index (χ2n) is 8.94. The van der Waals surface area contributed by atoms with E-state index in [1.807, 2.05) is 6.07 Å². The summed E-state index contributed by atoms with van der Waals surface area (Å²) in [5.74, 6) is 4.03. The van der Waals surface area contributed by atoms with Gasteiger partial charge in [-0.05, 0) is 18.8 Å². The van der Waals surface area contributed by atoms with E-state index in [0.717, 1.165) is 42.3 Å². The van der Waals surface area contributed by atoms with Crippen LogP contribution in [0, 0.1) is 11.8 Å². The van der Waals surface area contributed by atoms with Crippen LogP contribution in [0.1, 0.15) is 18.4 Å². The van der Waals surface area contributed by atoms with Crippen molar-refractivity contribution in [2.24, 2.45) is 16.8 Å². The minimum Gasteiger partial charge on any atom is -0.494 e. The second kappa shape index (κ2) is 6.37. The fourth-order valence-electron chi connectivity index (χ4n) is 6.91. The van der Waals surface area contributed by atoms with Crippen LogP contribution in [0.25, 0.3) is 0 Å². The van der Waals surface area contributed by atoms with E-state index in [9.17, 15) is 0 Å². The van der Waals surface area contributed by atoms with Crippen LogP contribution in [0.4, 0.5) is 5.69 Å². The normalized spacial score (nSPS) is 38.1. The molecule has 6 aliphatic rings. The Morgan fingerprint density at radius 3 is 2.77 bits per heavy atom. The molecule has 0 saturated carbocycles. The van der Waals surface area contributed by atoms with E-state index in [1.165, 1.54) is 5.57 Å². The van der Waals surface area contributed by atoms with Gasteiger partial charge in [0.1, 0.15) is 11.4 Å². The molecule has 5 bridgehead atoms. The molecule has 5 saturated heterocycles. The third-order valence-electron chi connectivity index (χ3n) is 8.05. The average Bonchev–Trinajstić information content (AvgIpc) is 3.14. The first-order chi connectivity index (χ1) is 14.7. The SMILES string of the molecule is COC/C=C1\CN2C3C[C@H]1[C@@H]1COC4=Nc5c(OC)cc(OC)c(OC)c5C43C[C@@H]12. The molecular weight excluding hydrogens is 384 g/mol. The predicted molar refractivity (Wildman–Crippen MR) is 111 cm³/mol. The molecule has 0 aliphatic carbocycles. The molecule has 3 unspecified atom stereocenters. The van der Waals surface area contributed by atoms with E-state index in [0.29, 0.717) is 48.6 Å². The molecule has 6 aliphatic heterocycles. The van der Waals surface area contributed by atoms with Gasteiger partial charge in [-0.25, -0.2) is 4.99 Å². The quantitative estimate of drug-likeness (QED) is 0.693. The molecule has 6 atom stereocenters. The van der Waals surface area contributed by atoms with E-state index < -0.39 is 0 Å². The van der Waals surface area contributed by atoms with Crippen LogP contribution in [-0.4, -0.2) is 71.1 Å². The molecule has 7 rings (SSSR count). The maximum absolute atomic E-state index is 6.46. The second-order valence-corrected chi connectivity index (χ2v) is 8.94. The highest BCUT2D eigenvalue weighted by molar-refractivity contribution is 6.01. The number of fused-ring (bicyclic) bond motifs is 2. The zero-order chi connectivity index (χ0) is 20.6. The third-order valence-corrected chi connectivity index (χ3v) is 8.05. The number of aliphatic imine (C=N–C) groups is 1. The van der Waals surface area contributed by atoms with Crippen LogP contribution in [-0.2, 0) is 14.9 Å². The number of piperidine rings is 3. The molecule has 7 heteroatoms. The highest BCUT2D eigenvalue weighted by Gasteiger charge is 2.70. The smallest absolute Gasteiger partial charge is 0.201 e. The fourth-order valence-corrected chi connectivity index (χ4v) is 6.91. The van der Waals surface area contributed by atoms with Gasteiger partial charge < -0.3 is 23.7 Å². The van der Waals surface area contributed by atoms with Gasteiger partial charge in [-0.15, -0.1) is 0 Å². The fraction of sp³-hybridized carbons (Fsp3) is 0.609. The Labute approximate surface area is 176 Å². The van der Waals surface area contributed by atoms with Crippen LogP contribution < -0.4 is 14.2 Å². The van der Waals surface area contributed by atoms with Gasteiger partial charge in [0, 0.05) is 43.3 Å². The maximum Gasteiger partial charge on any atom is 0.201 e. The topological polar surface area (TPSA) is 61.8 Å². The molecule has 160 valence electrons. The Hall–Kier alpha value is -2.25. The Morgan fingerprint density at radius 2 is 2.03 bits per heavy atom. The summed E-state index contributed by atoms with van der Waals surface area (Å²) in [7, 11) is 6.81. The number of hydrogen-bond donors (Lipinski definition) is 0. The summed E-state index contributed by atoms with van der Waals surface area (Å²) in [6.07, 6.45) is 4.40. The Balaban J connectivity index is 1.54. The van der Waals surface area contributed by atoms with Gasteiger partial charge in [0.05, 0.1) is 40.0 Å². The van der Waals surface area contributed by atoms with E-state index in [2.05, 4.69) is 11.0 Å². The Bertz CT molecular complexity index is 973. The van der Waals surface area contributed by atoms with Crippen molar-refractivity contribution in [1.82, 2.24) is 4.90 Å². The summed E-state index contributed by atoms with van der Waals surface area (Å²) in [6, 6.07) is 2.70. The Morgan fingerprint density at radius 1 is 1.20 bits per heavy atom. The van der Waals surface area contributed by atoms with E-state index in [1.54, 1.807) is 28.4 Å².